The summed E-state index contributed by atoms with van der Waals surface area (Å²) in [5, 5.41) is 0. The Bertz CT molecular complexity index is 464. The van der Waals surface area contributed by atoms with E-state index >= 15 is 0 Å². The second-order valence-corrected chi connectivity index (χ2v) is 5.37. The van der Waals surface area contributed by atoms with E-state index in [0.29, 0.717) is 5.69 Å². The zero-order valence-electron chi connectivity index (χ0n) is 11.1. The van der Waals surface area contributed by atoms with Crippen molar-refractivity contribution in [1.29, 1.82) is 0 Å². The Morgan fingerprint density at radius 3 is 2.58 bits per heavy atom. The van der Waals surface area contributed by atoms with Gasteiger partial charge in [-0.05, 0) is 25.0 Å². The first-order valence-electron chi connectivity index (χ1n) is 6.99. The predicted molar refractivity (Wildman–Crippen MR) is 74.2 cm³/mol. The van der Waals surface area contributed by atoms with Crippen LogP contribution in [0.5, 0.6) is 0 Å². The zero-order valence-corrected chi connectivity index (χ0v) is 11.1. The van der Waals surface area contributed by atoms with Crippen LogP contribution in [0.4, 0.5) is 5.69 Å². The molecule has 1 aromatic rings. The van der Waals surface area contributed by atoms with Gasteiger partial charge in [0.25, 0.3) is 5.91 Å². The number of nitrogens with two attached hydrogens (primary N) is 1. The van der Waals surface area contributed by atoms with E-state index in [-0.39, 0.29) is 0 Å². The maximum Gasteiger partial charge on any atom is 0.267 e. The highest BCUT2D eigenvalue weighted by Gasteiger charge is 2.27. The number of primary amides is 1. The second-order valence-electron chi connectivity index (χ2n) is 5.37. The van der Waals surface area contributed by atoms with Gasteiger partial charge in [0.15, 0.2) is 0 Å². The van der Waals surface area contributed by atoms with Crippen molar-refractivity contribution >= 4 is 11.6 Å². The largest absolute Gasteiger partial charge is 0.369 e. The summed E-state index contributed by atoms with van der Waals surface area (Å²) < 4.78 is 0. The molecule has 102 valence electrons. The van der Waals surface area contributed by atoms with Crippen LogP contribution in [0.1, 0.15) is 29.8 Å². The lowest BCUT2D eigenvalue weighted by Gasteiger charge is -2.43. The fraction of sp³-hybridized carbons (Fsp3) is 0.571. The van der Waals surface area contributed by atoms with Crippen molar-refractivity contribution in [2.24, 2.45) is 5.73 Å². The van der Waals surface area contributed by atoms with Crippen LogP contribution in [0.25, 0.3) is 0 Å². The summed E-state index contributed by atoms with van der Waals surface area (Å²) in [5.74, 6) is -0.463. The minimum Gasteiger partial charge on any atom is -0.369 e. The van der Waals surface area contributed by atoms with Crippen LogP contribution < -0.4 is 10.6 Å². The molecule has 1 aromatic heterocycles. The number of hydrogen-bond acceptors (Lipinski definition) is 4. The lowest BCUT2D eigenvalue weighted by Crippen LogP contribution is -2.52. The summed E-state index contributed by atoms with van der Waals surface area (Å²) in [6.07, 6.45) is 5.77. The van der Waals surface area contributed by atoms with Crippen LogP contribution >= 0.6 is 0 Å². The van der Waals surface area contributed by atoms with Crippen molar-refractivity contribution in [3.05, 3.63) is 24.0 Å². The van der Waals surface area contributed by atoms with Gasteiger partial charge in [0.05, 0.1) is 0 Å². The van der Waals surface area contributed by atoms with Crippen molar-refractivity contribution in [3.8, 4) is 0 Å². The summed E-state index contributed by atoms with van der Waals surface area (Å²) in [6.45, 7) is 4.25. The first-order chi connectivity index (χ1) is 9.24. The van der Waals surface area contributed by atoms with Crippen LogP contribution in [0.2, 0.25) is 0 Å². The number of carbonyl (C=O) groups excluding carboxylic acids is 1. The minimum atomic E-state index is -0.463. The van der Waals surface area contributed by atoms with Gasteiger partial charge in [0.1, 0.15) is 5.69 Å². The van der Waals surface area contributed by atoms with Crippen LogP contribution in [0.3, 0.4) is 0 Å². The molecular formula is C14H20N4O. The first-order valence-corrected chi connectivity index (χ1v) is 6.99. The monoisotopic (exact) mass is 260 g/mol. The van der Waals surface area contributed by atoms with Gasteiger partial charge in [-0.25, -0.2) is 0 Å². The third kappa shape index (κ3) is 2.56. The van der Waals surface area contributed by atoms with E-state index in [9.17, 15) is 4.79 Å². The van der Waals surface area contributed by atoms with E-state index in [2.05, 4.69) is 14.8 Å². The normalized spacial score (nSPS) is 21.2. The molecule has 2 aliphatic rings. The van der Waals surface area contributed by atoms with Gasteiger partial charge in [-0.2, -0.15) is 0 Å². The van der Waals surface area contributed by atoms with Gasteiger partial charge in [-0.3, -0.25) is 14.7 Å². The molecule has 0 bridgehead atoms. The molecule has 1 aliphatic heterocycles. The van der Waals surface area contributed by atoms with Gasteiger partial charge in [-0.1, -0.05) is 6.42 Å². The number of rotatable bonds is 3. The maximum absolute atomic E-state index is 11.2. The molecular weight excluding hydrogens is 240 g/mol. The average molecular weight is 260 g/mol. The molecule has 2 N–H and O–H groups in total. The Labute approximate surface area is 113 Å². The molecule has 0 radical (unpaired) electrons. The average Bonchev–Trinajstić information content (AvgIpc) is 2.38. The highest BCUT2D eigenvalue weighted by molar-refractivity contribution is 5.91. The molecule has 5 heteroatoms. The number of carbonyl (C=O) groups is 1. The molecule has 2 heterocycles. The van der Waals surface area contributed by atoms with Crippen molar-refractivity contribution in [2.75, 3.05) is 31.1 Å². The van der Waals surface area contributed by atoms with E-state index in [4.69, 9.17) is 5.73 Å². The van der Waals surface area contributed by atoms with Crippen LogP contribution in [-0.4, -0.2) is 48.0 Å². The molecule has 0 spiro atoms. The van der Waals surface area contributed by atoms with E-state index in [1.54, 1.807) is 12.3 Å². The third-order valence-electron chi connectivity index (χ3n) is 4.27. The number of pyridine rings is 1. The number of amides is 1. The topological polar surface area (TPSA) is 62.5 Å². The van der Waals surface area contributed by atoms with Crippen LogP contribution in [-0.2, 0) is 0 Å². The van der Waals surface area contributed by atoms with Gasteiger partial charge in [-0.15, -0.1) is 0 Å². The molecule has 0 aromatic carbocycles. The van der Waals surface area contributed by atoms with Gasteiger partial charge in [0.2, 0.25) is 0 Å². The van der Waals surface area contributed by atoms with Gasteiger partial charge < -0.3 is 10.6 Å². The Hall–Kier alpha value is -1.62. The lowest BCUT2D eigenvalue weighted by atomic mass is 9.91. The van der Waals surface area contributed by atoms with Crippen molar-refractivity contribution in [2.45, 2.75) is 25.3 Å². The summed E-state index contributed by atoms with van der Waals surface area (Å²) in [5.41, 5.74) is 6.67. The highest BCUT2D eigenvalue weighted by Crippen LogP contribution is 2.26. The molecule has 1 saturated heterocycles. The van der Waals surface area contributed by atoms with Crippen molar-refractivity contribution < 1.29 is 4.79 Å². The minimum absolute atomic E-state index is 0.346. The lowest BCUT2D eigenvalue weighted by molar-refractivity contribution is 0.0995. The molecule has 3 rings (SSSR count). The van der Waals surface area contributed by atoms with Gasteiger partial charge >= 0.3 is 0 Å². The fourth-order valence-corrected chi connectivity index (χ4v) is 2.85. The summed E-state index contributed by atoms with van der Waals surface area (Å²) in [6, 6.07) is 4.56. The summed E-state index contributed by atoms with van der Waals surface area (Å²) in [7, 11) is 0. The van der Waals surface area contributed by atoms with Crippen molar-refractivity contribution in [1.82, 2.24) is 9.88 Å². The van der Waals surface area contributed by atoms with E-state index in [1.807, 2.05) is 6.07 Å². The van der Waals surface area contributed by atoms with Crippen molar-refractivity contribution in [3.63, 3.8) is 0 Å². The second kappa shape index (κ2) is 5.17. The quantitative estimate of drug-likeness (QED) is 0.875. The molecule has 1 amide bonds. The van der Waals surface area contributed by atoms with Gasteiger partial charge in [0, 0.05) is 44.1 Å². The Balaban J connectivity index is 1.64. The summed E-state index contributed by atoms with van der Waals surface area (Å²) >= 11 is 0. The first kappa shape index (κ1) is 12.4. The number of piperazine rings is 1. The maximum atomic E-state index is 11.2. The van der Waals surface area contributed by atoms with E-state index in [1.165, 1.54) is 19.3 Å². The third-order valence-corrected chi connectivity index (χ3v) is 4.27. The number of hydrogen-bond donors (Lipinski definition) is 1. The Kier molecular flexibility index (Phi) is 3.38. The fourth-order valence-electron chi connectivity index (χ4n) is 2.85. The molecule has 2 fully saturated rings. The number of anilines is 1. The number of aromatic nitrogens is 1. The zero-order chi connectivity index (χ0) is 13.2. The van der Waals surface area contributed by atoms with Crippen LogP contribution in [0.15, 0.2) is 18.3 Å². The highest BCUT2D eigenvalue weighted by atomic mass is 16.1. The van der Waals surface area contributed by atoms with Crippen LogP contribution in [0, 0.1) is 0 Å². The Morgan fingerprint density at radius 2 is 2.00 bits per heavy atom. The molecule has 1 saturated carbocycles. The SMILES string of the molecule is NC(=O)c1cc(N2CCN(C3CCC3)CC2)ccn1. The molecule has 0 atom stereocenters. The summed E-state index contributed by atoms with van der Waals surface area (Å²) in [4.78, 5) is 20.0. The van der Waals surface area contributed by atoms with E-state index < -0.39 is 5.91 Å². The predicted octanol–water partition coefficient (Wildman–Crippen LogP) is 0.855. The molecule has 0 unspecified atom stereocenters. The molecule has 19 heavy (non-hydrogen) atoms. The smallest absolute Gasteiger partial charge is 0.267 e. The van der Waals surface area contributed by atoms with E-state index in [0.717, 1.165) is 37.9 Å². The number of nitrogens with zero attached hydrogens (tertiary/aromatic N) is 3. The molecule has 1 aliphatic carbocycles. The Morgan fingerprint density at radius 1 is 1.26 bits per heavy atom. The molecule has 5 nitrogen and oxygen atoms in total. The standard InChI is InChI=1S/C14H20N4O/c15-14(19)13-10-12(4-5-16-13)18-8-6-17(7-9-18)11-2-1-3-11/h4-5,10-11H,1-3,6-9H2,(H2,15,19).